The first kappa shape index (κ1) is 17.7. The maximum absolute atomic E-state index is 11.4. The van der Waals surface area contributed by atoms with Gasteiger partial charge in [-0.05, 0) is 0 Å². The standard InChI is InChI=1S/C9H14N4O4P2/c1-13(6-19-17)9(5-18-16,7(14)15)3-2-4-12-8(10)11/h2-4H2,1H3,(H,14,15)(H4,10,11,12)/t9-/m1/s1. The molecular formula is C9H14N4O4P2. The van der Waals surface area contributed by atoms with E-state index in [1.165, 1.54) is 7.05 Å². The maximum atomic E-state index is 11.4. The quantitative estimate of drug-likeness (QED) is 0.210. The summed E-state index contributed by atoms with van der Waals surface area (Å²) in [6.07, 6.45) is 0.349. The molecule has 0 spiro atoms. The summed E-state index contributed by atoms with van der Waals surface area (Å²) in [4.78, 5) is 16.2. The third-order valence-corrected chi connectivity index (χ3v) is 3.18. The van der Waals surface area contributed by atoms with Gasteiger partial charge in [0, 0.05) is 0 Å². The molecule has 0 aliphatic heterocycles. The Hall–Kier alpha value is -1.28. The van der Waals surface area contributed by atoms with Crippen molar-refractivity contribution in [3.05, 3.63) is 0 Å². The molecule has 0 aromatic heterocycles. The van der Waals surface area contributed by atoms with Crippen molar-refractivity contribution in [2.24, 2.45) is 16.5 Å². The second kappa shape index (κ2) is 8.76. The summed E-state index contributed by atoms with van der Waals surface area (Å²) < 4.78 is 21.2. The Kier molecular flexibility index (Phi) is 8.17. The molecule has 19 heavy (non-hydrogen) atoms. The van der Waals surface area contributed by atoms with Crippen LogP contribution < -0.4 is 11.5 Å². The zero-order valence-corrected chi connectivity index (χ0v) is 12.0. The Labute approximate surface area is 112 Å². The number of aliphatic imine (C=N–C) groups is 1. The number of nitrogens with zero attached hydrogens (tertiary/aromatic N) is 2. The molecule has 0 unspecified atom stereocenters. The second-order valence-corrected chi connectivity index (χ2v) is 4.32. The van der Waals surface area contributed by atoms with E-state index in [1.54, 1.807) is 0 Å². The van der Waals surface area contributed by atoms with Crippen molar-refractivity contribution in [3.8, 4) is 11.4 Å². The number of hydrogen-bond acceptors (Lipinski definition) is 5. The number of carbonyl (C=O) groups is 1. The van der Waals surface area contributed by atoms with Crippen molar-refractivity contribution < 1.29 is 19.0 Å². The molecule has 0 aliphatic carbocycles. The van der Waals surface area contributed by atoms with Crippen molar-refractivity contribution in [1.29, 1.82) is 0 Å². The van der Waals surface area contributed by atoms with Gasteiger partial charge in [-0.3, -0.25) is 0 Å². The van der Waals surface area contributed by atoms with Crippen LogP contribution in [0.3, 0.4) is 0 Å². The minimum absolute atomic E-state index is 0.0351. The van der Waals surface area contributed by atoms with Gasteiger partial charge in [-0.1, -0.05) is 0 Å². The van der Waals surface area contributed by atoms with Gasteiger partial charge in [0.1, 0.15) is 0 Å². The Morgan fingerprint density at radius 2 is 2.05 bits per heavy atom. The van der Waals surface area contributed by atoms with Crippen molar-refractivity contribution in [2.45, 2.75) is 18.4 Å². The molecule has 0 radical (unpaired) electrons. The van der Waals surface area contributed by atoms with Crippen LogP contribution in [0.15, 0.2) is 4.99 Å². The number of aliphatic carboxylic acids is 1. The van der Waals surface area contributed by atoms with Crippen LogP contribution in [0.1, 0.15) is 12.8 Å². The summed E-state index contributed by atoms with van der Waals surface area (Å²) in [7, 11) is 0.304. The zero-order chi connectivity index (χ0) is 14.9. The van der Waals surface area contributed by atoms with Gasteiger partial charge in [0.15, 0.2) is 0 Å². The Bertz CT molecular complexity index is 563. The first-order chi connectivity index (χ1) is 8.90. The molecule has 0 aromatic rings. The number of nitrogens with two attached hydrogens (primary N) is 2. The van der Waals surface area contributed by atoms with Crippen LogP contribution in [0.4, 0.5) is 0 Å². The number of carboxylic acids is 1. The first-order valence-corrected chi connectivity index (χ1v) is 6.73. The van der Waals surface area contributed by atoms with Gasteiger partial charge in [0.25, 0.3) is 0 Å². The van der Waals surface area contributed by atoms with Crippen molar-refractivity contribution in [1.82, 2.24) is 4.90 Å². The Balaban J connectivity index is 5.22. The summed E-state index contributed by atoms with van der Waals surface area (Å²) in [6.45, 7) is 0.220. The van der Waals surface area contributed by atoms with E-state index in [1.807, 2.05) is 0 Å². The van der Waals surface area contributed by atoms with Gasteiger partial charge in [-0.15, -0.1) is 0 Å². The molecule has 0 bridgehead atoms. The minimum atomic E-state index is -1.69. The summed E-state index contributed by atoms with van der Waals surface area (Å²) >= 11 is 0. The van der Waals surface area contributed by atoms with Crippen LogP contribution in [0.2, 0.25) is 0 Å². The molecule has 0 rings (SSSR count). The fourth-order valence-electron chi connectivity index (χ4n) is 1.36. The zero-order valence-electron chi connectivity index (χ0n) is 10.2. The van der Waals surface area contributed by atoms with Crippen LogP contribution in [0.5, 0.6) is 0 Å². The van der Waals surface area contributed by atoms with E-state index >= 15 is 0 Å². The molecule has 0 saturated heterocycles. The van der Waals surface area contributed by atoms with E-state index in [0.29, 0.717) is 6.42 Å². The van der Waals surface area contributed by atoms with E-state index in [0.717, 1.165) is 4.90 Å². The number of guanidine groups is 1. The molecule has 0 aliphatic rings. The summed E-state index contributed by atoms with van der Waals surface area (Å²) in [5, 5.41) is 9.28. The topological polar surface area (TPSA) is 139 Å². The molecule has 0 fully saturated rings. The molecule has 10 heteroatoms. The van der Waals surface area contributed by atoms with Crippen LogP contribution in [0, 0.1) is 11.4 Å². The van der Waals surface area contributed by atoms with Crippen molar-refractivity contribution >= 4 is 27.8 Å². The van der Waals surface area contributed by atoms with E-state index in [2.05, 4.69) is 16.4 Å². The van der Waals surface area contributed by atoms with Gasteiger partial charge in [-0.25, -0.2) is 0 Å². The number of carboxylic acid groups (broad SMARTS) is 1. The van der Waals surface area contributed by atoms with Gasteiger partial charge in [-0.2, -0.15) is 0 Å². The van der Waals surface area contributed by atoms with Crippen molar-refractivity contribution in [2.75, 3.05) is 13.6 Å². The van der Waals surface area contributed by atoms with E-state index in [4.69, 9.17) is 11.5 Å². The molecular weight excluding hydrogens is 290 g/mol. The third kappa shape index (κ3) is 5.48. The number of hydrogen-bond donors (Lipinski definition) is 3. The molecule has 0 heterocycles. The predicted octanol–water partition coefficient (Wildman–Crippen LogP) is 0.255. The fraction of sp³-hybridized carbons (Fsp3) is 0.556. The molecule has 8 nitrogen and oxygen atoms in total. The fourth-order valence-corrected chi connectivity index (χ4v) is 2.16. The summed E-state index contributed by atoms with van der Waals surface area (Å²) in [5.41, 5.74) is 10.9. The van der Waals surface area contributed by atoms with Crippen LogP contribution in [0.25, 0.3) is 0 Å². The van der Waals surface area contributed by atoms with Gasteiger partial charge >= 0.3 is 112 Å². The van der Waals surface area contributed by atoms with Gasteiger partial charge in [0.2, 0.25) is 0 Å². The average Bonchev–Trinajstić information content (AvgIpc) is 2.32. The molecule has 104 valence electrons. The molecule has 0 amide bonds. The Morgan fingerprint density at radius 1 is 1.42 bits per heavy atom. The summed E-state index contributed by atoms with van der Waals surface area (Å²) in [6, 6.07) is 0. The monoisotopic (exact) mass is 304 g/mol. The molecule has 1 atom stereocenters. The predicted molar refractivity (Wildman–Crippen MR) is 71.0 cm³/mol. The van der Waals surface area contributed by atoms with Gasteiger partial charge < -0.3 is 0 Å². The summed E-state index contributed by atoms with van der Waals surface area (Å²) in [5.74, 6) is 0.905. The van der Waals surface area contributed by atoms with E-state index in [-0.39, 0.29) is 18.9 Å². The SMILES string of the molecule is CN(C#P=O)[C@@](C#P=O)(CCCN=C(N)N)C(=O)O. The second-order valence-electron chi connectivity index (χ2n) is 3.53. The van der Waals surface area contributed by atoms with E-state index in [9.17, 15) is 19.0 Å². The third-order valence-electron chi connectivity index (χ3n) is 2.34. The van der Waals surface area contributed by atoms with Crippen molar-refractivity contribution in [3.63, 3.8) is 0 Å². The molecule has 5 N–H and O–H groups in total. The van der Waals surface area contributed by atoms with Gasteiger partial charge in [0.05, 0.1) is 0 Å². The number of rotatable bonds is 6. The molecule has 0 aromatic carbocycles. The van der Waals surface area contributed by atoms with Crippen LogP contribution in [-0.2, 0) is 13.9 Å². The molecule has 0 saturated carbocycles. The number of likely N-dealkylation sites (N-methyl/N-ethyl adjacent to an activating group) is 1. The first-order valence-electron chi connectivity index (χ1n) is 5.11. The average molecular weight is 304 g/mol. The Morgan fingerprint density at radius 3 is 2.47 bits per heavy atom. The van der Waals surface area contributed by atoms with Crippen LogP contribution in [-0.4, -0.2) is 41.1 Å². The normalized spacial score (nSPS) is 12.7. The van der Waals surface area contributed by atoms with E-state index < -0.39 is 27.3 Å². The van der Waals surface area contributed by atoms with Crippen LogP contribution >= 0.6 is 15.8 Å².